The summed E-state index contributed by atoms with van der Waals surface area (Å²) in [6.07, 6.45) is 7.03. The number of benzene rings is 1. The summed E-state index contributed by atoms with van der Waals surface area (Å²) in [5, 5.41) is 0.820. The van der Waals surface area contributed by atoms with Crippen LogP contribution in [-0.4, -0.2) is 40.5 Å². The van der Waals surface area contributed by atoms with E-state index in [9.17, 15) is 9.59 Å². The number of aryl methyl sites for hydroxylation is 1. The molecule has 2 atom stereocenters. The molecule has 2 heterocycles. The first-order chi connectivity index (χ1) is 13.6. The SMILES string of the molecule is C[C@@H]1CCC[C@H](C)N1C(=O)COC(=O)c1c2c(nc3ccccc13)CCCC2. The summed E-state index contributed by atoms with van der Waals surface area (Å²) in [4.78, 5) is 32.5. The smallest absolute Gasteiger partial charge is 0.339 e. The van der Waals surface area contributed by atoms with Gasteiger partial charge >= 0.3 is 5.97 Å². The first kappa shape index (κ1) is 18.9. The third-order valence-electron chi connectivity index (χ3n) is 6.18. The monoisotopic (exact) mass is 380 g/mol. The molecule has 5 nitrogen and oxygen atoms in total. The fourth-order valence-electron chi connectivity index (χ4n) is 4.79. The summed E-state index contributed by atoms with van der Waals surface area (Å²) < 4.78 is 5.56. The van der Waals surface area contributed by atoms with Crippen molar-refractivity contribution in [1.29, 1.82) is 0 Å². The second-order valence-corrected chi connectivity index (χ2v) is 8.14. The van der Waals surface area contributed by atoms with Gasteiger partial charge in [-0.15, -0.1) is 0 Å². The quantitative estimate of drug-likeness (QED) is 0.754. The van der Waals surface area contributed by atoms with Gasteiger partial charge in [-0.2, -0.15) is 0 Å². The molecule has 1 aliphatic carbocycles. The minimum atomic E-state index is -0.401. The molecule has 5 heteroatoms. The van der Waals surface area contributed by atoms with E-state index in [0.29, 0.717) is 5.56 Å². The van der Waals surface area contributed by atoms with Gasteiger partial charge < -0.3 is 9.64 Å². The van der Waals surface area contributed by atoms with Crippen molar-refractivity contribution >= 4 is 22.8 Å². The van der Waals surface area contributed by atoms with E-state index < -0.39 is 5.97 Å². The summed E-state index contributed by atoms with van der Waals surface area (Å²) >= 11 is 0. The Labute approximate surface area is 166 Å². The molecule has 0 unspecified atom stereocenters. The number of pyridine rings is 1. The van der Waals surface area contributed by atoms with Crippen LogP contribution >= 0.6 is 0 Å². The maximum Gasteiger partial charge on any atom is 0.339 e. The first-order valence-corrected chi connectivity index (χ1v) is 10.4. The number of hydrogen-bond acceptors (Lipinski definition) is 4. The molecule has 1 aromatic heterocycles. The number of piperidine rings is 1. The normalized spacial score (nSPS) is 22.0. The van der Waals surface area contributed by atoms with Gasteiger partial charge in [-0.25, -0.2) is 4.79 Å². The number of aromatic nitrogens is 1. The molecule has 28 heavy (non-hydrogen) atoms. The third kappa shape index (κ3) is 3.50. The average molecular weight is 380 g/mol. The fraction of sp³-hybridized carbons (Fsp3) is 0.522. The Morgan fingerprint density at radius 2 is 1.79 bits per heavy atom. The second-order valence-electron chi connectivity index (χ2n) is 8.14. The number of esters is 1. The molecule has 0 N–H and O–H groups in total. The van der Waals surface area contributed by atoms with E-state index in [0.717, 1.165) is 67.1 Å². The number of amides is 1. The van der Waals surface area contributed by atoms with Gasteiger partial charge in [-0.3, -0.25) is 9.78 Å². The van der Waals surface area contributed by atoms with Gasteiger partial charge in [0.05, 0.1) is 11.1 Å². The summed E-state index contributed by atoms with van der Waals surface area (Å²) in [6.45, 7) is 3.95. The molecule has 2 aromatic rings. The van der Waals surface area contributed by atoms with Crippen LogP contribution in [0.4, 0.5) is 0 Å². The standard InChI is InChI=1S/C23H28N2O3/c1-15-8-7-9-16(2)25(15)21(26)14-28-23(27)22-17-10-3-5-12-19(17)24-20-13-6-4-11-18(20)22/h3,5,10,12,15-16H,4,6-9,11,13-14H2,1-2H3/t15-,16+. The number of nitrogens with zero attached hydrogens (tertiary/aromatic N) is 2. The van der Waals surface area contributed by atoms with Gasteiger partial charge in [0.1, 0.15) is 0 Å². The number of para-hydroxylation sites is 1. The Morgan fingerprint density at radius 3 is 2.57 bits per heavy atom. The van der Waals surface area contributed by atoms with Gasteiger partial charge in [0, 0.05) is 23.2 Å². The largest absolute Gasteiger partial charge is 0.452 e. The number of fused-ring (bicyclic) bond motifs is 2. The summed E-state index contributed by atoms with van der Waals surface area (Å²) in [5.41, 5.74) is 3.43. The lowest BCUT2D eigenvalue weighted by Crippen LogP contribution is -2.49. The lowest BCUT2D eigenvalue weighted by atomic mass is 9.90. The predicted octanol–water partition coefficient (Wildman–Crippen LogP) is 4.06. The van der Waals surface area contributed by atoms with Crippen molar-refractivity contribution in [2.24, 2.45) is 0 Å². The lowest BCUT2D eigenvalue weighted by molar-refractivity contribution is -0.140. The fourth-order valence-corrected chi connectivity index (χ4v) is 4.79. The summed E-state index contributed by atoms with van der Waals surface area (Å²) in [7, 11) is 0. The number of carbonyl (C=O) groups excluding carboxylic acids is 2. The van der Waals surface area contributed by atoms with Crippen LogP contribution in [0.2, 0.25) is 0 Å². The molecule has 148 valence electrons. The van der Waals surface area contributed by atoms with Crippen molar-refractivity contribution in [3.05, 3.63) is 41.1 Å². The Kier molecular flexibility index (Phi) is 5.33. The third-order valence-corrected chi connectivity index (χ3v) is 6.18. The minimum Gasteiger partial charge on any atom is -0.452 e. The van der Waals surface area contributed by atoms with E-state index in [-0.39, 0.29) is 24.6 Å². The van der Waals surface area contributed by atoms with Crippen LogP contribution < -0.4 is 0 Å². The van der Waals surface area contributed by atoms with Crippen LogP contribution in [0.1, 0.15) is 67.6 Å². The molecule has 1 aromatic carbocycles. The predicted molar refractivity (Wildman–Crippen MR) is 108 cm³/mol. The first-order valence-electron chi connectivity index (χ1n) is 10.4. The van der Waals surface area contributed by atoms with E-state index in [1.54, 1.807) is 0 Å². The van der Waals surface area contributed by atoms with Gasteiger partial charge in [-0.05, 0) is 70.4 Å². The minimum absolute atomic E-state index is 0.0970. The lowest BCUT2D eigenvalue weighted by Gasteiger charge is -2.38. The number of ether oxygens (including phenoxy) is 1. The Bertz CT molecular complexity index is 898. The second kappa shape index (κ2) is 7.90. The van der Waals surface area contributed by atoms with Crippen molar-refractivity contribution in [3.63, 3.8) is 0 Å². The Morgan fingerprint density at radius 1 is 1.07 bits per heavy atom. The number of rotatable bonds is 3. The summed E-state index contributed by atoms with van der Waals surface area (Å²) in [5.74, 6) is -0.498. The van der Waals surface area contributed by atoms with Crippen LogP contribution in [-0.2, 0) is 22.4 Å². The van der Waals surface area contributed by atoms with E-state index in [1.807, 2.05) is 29.2 Å². The maximum absolute atomic E-state index is 13.1. The Hall–Kier alpha value is -2.43. The highest BCUT2D eigenvalue weighted by molar-refractivity contribution is 6.05. The van der Waals surface area contributed by atoms with Crippen LogP contribution in [0.25, 0.3) is 10.9 Å². The maximum atomic E-state index is 13.1. The molecule has 1 saturated heterocycles. The molecule has 0 spiro atoms. The number of hydrogen-bond donors (Lipinski definition) is 0. The van der Waals surface area contributed by atoms with Crippen molar-refractivity contribution in [2.45, 2.75) is 70.9 Å². The van der Waals surface area contributed by atoms with Crippen LogP contribution in [0.15, 0.2) is 24.3 Å². The van der Waals surface area contributed by atoms with Gasteiger partial charge in [0.2, 0.25) is 0 Å². The number of likely N-dealkylation sites (tertiary alicyclic amines) is 1. The zero-order valence-electron chi connectivity index (χ0n) is 16.7. The van der Waals surface area contributed by atoms with Gasteiger partial charge in [-0.1, -0.05) is 18.2 Å². The van der Waals surface area contributed by atoms with Gasteiger partial charge in [0.25, 0.3) is 5.91 Å². The topological polar surface area (TPSA) is 59.5 Å². The number of carbonyl (C=O) groups is 2. The van der Waals surface area contributed by atoms with Crippen molar-refractivity contribution < 1.29 is 14.3 Å². The van der Waals surface area contributed by atoms with Crippen molar-refractivity contribution in [2.75, 3.05) is 6.61 Å². The van der Waals surface area contributed by atoms with E-state index in [1.165, 1.54) is 0 Å². The molecule has 1 aliphatic heterocycles. The molecule has 1 amide bonds. The molecular formula is C23H28N2O3. The van der Waals surface area contributed by atoms with Crippen LogP contribution in [0, 0.1) is 0 Å². The highest BCUT2D eigenvalue weighted by atomic mass is 16.5. The van der Waals surface area contributed by atoms with Gasteiger partial charge in [0.15, 0.2) is 6.61 Å². The molecule has 0 radical (unpaired) electrons. The highest BCUT2D eigenvalue weighted by Gasteiger charge is 2.30. The molecule has 0 bridgehead atoms. The molecule has 0 saturated carbocycles. The molecule has 1 fully saturated rings. The van der Waals surface area contributed by atoms with Crippen LogP contribution in [0.3, 0.4) is 0 Å². The zero-order valence-corrected chi connectivity index (χ0v) is 16.7. The van der Waals surface area contributed by atoms with E-state index in [4.69, 9.17) is 9.72 Å². The zero-order chi connectivity index (χ0) is 19.7. The summed E-state index contributed by atoms with van der Waals surface area (Å²) in [6, 6.07) is 8.10. The van der Waals surface area contributed by atoms with Crippen molar-refractivity contribution in [1.82, 2.24) is 9.88 Å². The van der Waals surface area contributed by atoms with Crippen LogP contribution in [0.5, 0.6) is 0 Å². The Balaban J connectivity index is 1.58. The molecule has 2 aliphatic rings. The molecular weight excluding hydrogens is 352 g/mol. The highest BCUT2D eigenvalue weighted by Crippen LogP contribution is 2.30. The average Bonchev–Trinajstić information content (AvgIpc) is 2.70. The van der Waals surface area contributed by atoms with E-state index >= 15 is 0 Å². The van der Waals surface area contributed by atoms with E-state index in [2.05, 4.69) is 13.8 Å². The van der Waals surface area contributed by atoms with Crippen molar-refractivity contribution in [3.8, 4) is 0 Å². The molecule has 4 rings (SSSR count).